The Kier molecular flexibility index (Phi) is 9.99. The summed E-state index contributed by atoms with van der Waals surface area (Å²) in [6.07, 6.45) is 4.51. The molecule has 4 aromatic rings. The fourth-order valence-electron chi connectivity index (χ4n) is 4.89. The van der Waals surface area contributed by atoms with Gasteiger partial charge in [0.05, 0.1) is 25.6 Å². The first-order valence-electron chi connectivity index (χ1n) is 13.8. The summed E-state index contributed by atoms with van der Waals surface area (Å²) in [4.78, 5) is 7.83. The van der Waals surface area contributed by atoms with Crippen molar-refractivity contribution in [3.63, 3.8) is 0 Å². The van der Waals surface area contributed by atoms with Crippen molar-refractivity contribution in [2.24, 2.45) is 0 Å². The molecule has 0 bridgehead atoms. The molecule has 0 saturated heterocycles. The summed E-state index contributed by atoms with van der Waals surface area (Å²) >= 11 is 0. The molecule has 1 aromatic heterocycles. The second-order valence-corrected chi connectivity index (χ2v) is 9.71. The van der Waals surface area contributed by atoms with Crippen molar-refractivity contribution in [2.75, 3.05) is 20.8 Å². The number of hydrogen-bond donors (Lipinski definition) is 0. The van der Waals surface area contributed by atoms with Crippen LogP contribution in [0.1, 0.15) is 50.8 Å². The molecule has 0 aliphatic carbocycles. The van der Waals surface area contributed by atoms with Crippen LogP contribution in [0.15, 0.2) is 78.9 Å². The molecule has 0 unspecified atom stereocenters. The Balaban J connectivity index is 1.81. The quantitative estimate of drug-likeness (QED) is 0.173. The van der Waals surface area contributed by atoms with Gasteiger partial charge < -0.3 is 14.0 Å². The van der Waals surface area contributed by atoms with Crippen LogP contribution in [0.5, 0.6) is 11.5 Å². The molecule has 38 heavy (non-hydrogen) atoms. The van der Waals surface area contributed by atoms with Crippen LogP contribution in [0.2, 0.25) is 0 Å². The minimum absolute atomic E-state index is 0.772. The summed E-state index contributed by atoms with van der Waals surface area (Å²) in [5.74, 6) is 2.78. The molecule has 0 aliphatic heterocycles. The SMILES string of the molecule is CCCCN(Cc1cc(OC)ccc1OC)Cc1c(-c2ccccc2)nc(-c2ccccc2)n1CCCC. The van der Waals surface area contributed by atoms with Crippen molar-refractivity contribution in [3.05, 3.63) is 90.1 Å². The molecule has 0 saturated carbocycles. The molecule has 0 radical (unpaired) electrons. The number of benzene rings is 3. The molecule has 200 valence electrons. The Labute approximate surface area is 228 Å². The first kappa shape index (κ1) is 27.5. The highest BCUT2D eigenvalue weighted by atomic mass is 16.5. The zero-order valence-corrected chi connectivity index (χ0v) is 23.3. The van der Waals surface area contributed by atoms with Crippen molar-refractivity contribution >= 4 is 0 Å². The van der Waals surface area contributed by atoms with Crippen LogP contribution in [0, 0.1) is 0 Å². The van der Waals surface area contributed by atoms with Gasteiger partial charge in [-0.2, -0.15) is 0 Å². The standard InChI is InChI=1S/C33H41N3O2/c1-5-7-21-35(24-28-23-29(37-3)19-20-31(28)38-4)25-30-32(26-15-11-9-12-16-26)34-33(36(30)22-8-6-2)27-17-13-10-14-18-27/h9-20,23H,5-8,21-22,24-25H2,1-4H3. The number of aromatic nitrogens is 2. The van der Waals surface area contributed by atoms with E-state index in [1.165, 1.54) is 5.69 Å². The lowest BCUT2D eigenvalue weighted by atomic mass is 10.1. The van der Waals surface area contributed by atoms with Gasteiger partial charge in [0.2, 0.25) is 0 Å². The molecule has 5 heteroatoms. The Morgan fingerprint density at radius 1 is 0.763 bits per heavy atom. The average molecular weight is 512 g/mol. The lowest BCUT2D eigenvalue weighted by Crippen LogP contribution is -2.26. The van der Waals surface area contributed by atoms with Gasteiger partial charge in [-0.05, 0) is 37.6 Å². The normalized spacial score (nSPS) is 11.2. The summed E-state index contributed by atoms with van der Waals surface area (Å²) < 4.78 is 13.7. The molecular formula is C33H41N3O2. The van der Waals surface area contributed by atoms with E-state index in [1.54, 1.807) is 14.2 Å². The molecule has 3 aromatic carbocycles. The minimum atomic E-state index is 0.772. The van der Waals surface area contributed by atoms with Gasteiger partial charge in [-0.15, -0.1) is 0 Å². The monoisotopic (exact) mass is 511 g/mol. The number of methoxy groups -OCH3 is 2. The summed E-state index contributed by atoms with van der Waals surface area (Å²) in [5, 5.41) is 0. The third kappa shape index (κ3) is 6.65. The van der Waals surface area contributed by atoms with E-state index < -0.39 is 0 Å². The third-order valence-corrected chi connectivity index (χ3v) is 6.97. The topological polar surface area (TPSA) is 39.5 Å². The zero-order chi connectivity index (χ0) is 26.7. The number of ether oxygens (including phenoxy) is 2. The molecule has 0 spiro atoms. The molecule has 4 rings (SSSR count). The van der Waals surface area contributed by atoms with E-state index >= 15 is 0 Å². The maximum absolute atomic E-state index is 5.73. The maximum atomic E-state index is 5.73. The largest absolute Gasteiger partial charge is 0.497 e. The first-order chi connectivity index (χ1) is 18.7. The number of imidazole rings is 1. The maximum Gasteiger partial charge on any atom is 0.140 e. The van der Waals surface area contributed by atoms with Crippen molar-refractivity contribution < 1.29 is 9.47 Å². The zero-order valence-electron chi connectivity index (χ0n) is 23.3. The number of rotatable bonds is 14. The van der Waals surface area contributed by atoms with Gasteiger partial charge in [-0.25, -0.2) is 4.98 Å². The van der Waals surface area contributed by atoms with Crippen LogP contribution in [0.25, 0.3) is 22.6 Å². The Bertz CT molecular complexity index is 1270. The molecule has 0 fully saturated rings. The van der Waals surface area contributed by atoms with Gasteiger partial charge >= 0.3 is 0 Å². The van der Waals surface area contributed by atoms with E-state index in [2.05, 4.69) is 90.0 Å². The summed E-state index contributed by atoms with van der Waals surface area (Å²) in [6, 6.07) is 27.3. The second-order valence-electron chi connectivity index (χ2n) is 9.71. The van der Waals surface area contributed by atoms with Crippen molar-refractivity contribution in [1.29, 1.82) is 0 Å². The molecule has 0 N–H and O–H groups in total. The Hall–Kier alpha value is -3.57. The van der Waals surface area contributed by atoms with Crippen LogP contribution < -0.4 is 9.47 Å². The van der Waals surface area contributed by atoms with Crippen LogP contribution in [0.4, 0.5) is 0 Å². The van der Waals surface area contributed by atoms with E-state index in [9.17, 15) is 0 Å². The van der Waals surface area contributed by atoms with Crippen LogP contribution >= 0.6 is 0 Å². The van der Waals surface area contributed by atoms with Crippen LogP contribution in [-0.4, -0.2) is 35.2 Å². The van der Waals surface area contributed by atoms with Gasteiger partial charge in [-0.1, -0.05) is 87.4 Å². The molecule has 0 amide bonds. The lowest BCUT2D eigenvalue weighted by Gasteiger charge is -2.25. The molecular weight excluding hydrogens is 470 g/mol. The number of unbranched alkanes of at least 4 members (excludes halogenated alkanes) is 2. The lowest BCUT2D eigenvalue weighted by molar-refractivity contribution is 0.242. The Morgan fingerprint density at radius 2 is 1.45 bits per heavy atom. The second kappa shape index (κ2) is 13.8. The number of hydrogen-bond acceptors (Lipinski definition) is 4. The first-order valence-corrected chi connectivity index (χ1v) is 13.8. The highest BCUT2D eigenvalue weighted by Crippen LogP contribution is 2.32. The molecule has 5 nitrogen and oxygen atoms in total. The molecule has 0 atom stereocenters. The van der Waals surface area contributed by atoms with Gasteiger partial charge in [0, 0.05) is 36.3 Å². The highest BCUT2D eigenvalue weighted by Gasteiger charge is 2.22. The van der Waals surface area contributed by atoms with E-state index in [-0.39, 0.29) is 0 Å². The van der Waals surface area contributed by atoms with E-state index in [1.807, 2.05) is 12.1 Å². The number of nitrogens with zero attached hydrogens (tertiary/aromatic N) is 3. The fraction of sp³-hybridized carbons (Fsp3) is 0.364. The smallest absolute Gasteiger partial charge is 0.140 e. The highest BCUT2D eigenvalue weighted by molar-refractivity contribution is 5.68. The van der Waals surface area contributed by atoms with Gasteiger partial charge in [-0.3, -0.25) is 4.90 Å². The predicted molar refractivity (Wildman–Crippen MR) is 157 cm³/mol. The van der Waals surface area contributed by atoms with Crippen LogP contribution in [-0.2, 0) is 19.6 Å². The van der Waals surface area contributed by atoms with Gasteiger partial charge in [0.1, 0.15) is 17.3 Å². The summed E-state index contributed by atoms with van der Waals surface area (Å²) in [6.45, 7) is 8.01. The third-order valence-electron chi connectivity index (χ3n) is 6.97. The van der Waals surface area contributed by atoms with E-state index in [0.29, 0.717) is 0 Å². The van der Waals surface area contributed by atoms with Crippen molar-refractivity contribution in [3.8, 4) is 34.1 Å². The van der Waals surface area contributed by atoms with E-state index in [4.69, 9.17) is 14.5 Å². The van der Waals surface area contributed by atoms with E-state index in [0.717, 1.165) is 91.6 Å². The average Bonchev–Trinajstić information content (AvgIpc) is 3.33. The van der Waals surface area contributed by atoms with Crippen molar-refractivity contribution in [1.82, 2.24) is 14.5 Å². The summed E-state index contributed by atoms with van der Waals surface area (Å²) in [7, 11) is 3.45. The Morgan fingerprint density at radius 3 is 2.08 bits per heavy atom. The minimum Gasteiger partial charge on any atom is -0.497 e. The molecule has 0 aliphatic rings. The summed E-state index contributed by atoms with van der Waals surface area (Å²) in [5.41, 5.74) is 5.78. The van der Waals surface area contributed by atoms with Crippen molar-refractivity contribution in [2.45, 2.75) is 59.2 Å². The fourth-order valence-corrected chi connectivity index (χ4v) is 4.89. The van der Waals surface area contributed by atoms with Gasteiger partial charge in [0.15, 0.2) is 0 Å². The van der Waals surface area contributed by atoms with Gasteiger partial charge in [0.25, 0.3) is 0 Å². The predicted octanol–water partition coefficient (Wildman–Crippen LogP) is 7.84. The molecule has 1 heterocycles. The van der Waals surface area contributed by atoms with Crippen LogP contribution in [0.3, 0.4) is 0 Å².